The number of nitrogens with one attached hydrogen (secondary N) is 1. The molecule has 0 aliphatic carbocycles. The van der Waals surface area contributed by atoms with E-state index in [0.29, 0.717) is 30.3 Å². The fourth-order valence-electron chi connectivity index (χ4n) is 1.94. The average molecular weight is 267 g/mol. The number of ether oxygens (including phenoxy) is 1. The van der Waals surface area contributed by atoms with Gasteiger partial charge in [-0.15, -0.1) is 0 Å². The summed E-state index contributed by atoms with van der Waals surface area (Å²) < 4.78 is 9.02. The third-order valence-electron chi connectivity index (χ3n) is 3.06. The van der Waals surface area contributed by atoms with Crippen LogP contribution in [0.1, 0.15) is 0 Å². The summed E-state index contributed by atoms with van der Waals surface area (Å²) in [4.78, 5) is 28.2. The number of rotatable bonds is 4. The molecule has 0 spiro atoms. The van der Waals surface area contributed by atoms with Gasteiger partial charge in [-0.3, -0.25) is 13.9 Å². The third kappa shape index (κ3) is 2.03. The number of hydrogen-bond acceptors (Lipinski definition) is 5. The van der Waals surface area contributed by atoms with Gasteiger partial charge in [-0.05, 0) is 0 Å². The molecule has 0 atom stereocenters. The first-order valence-electron chi connectivity index (χ1n) is 5.84. The van der Waals surface area contributed by atoms with E-state index in [-0.39, 0.29) is 11.2 Å². The molecule has 8 nitrogen and oxygen atoms in total. The number of imidazole rings is 1. The van der Waals surface area contributed by atoms with Gasteiger partial charge in [0.15, 0.2) is 11.2 Å². The lowest BCUT2D eigenvalue weighted by molar-refractivity contribution is 0.210. The first kappa shape index (κ1) is 13.3. The van der Waals surface area contributed by atoms with Crippen LogP contribution in [0.15, 0.2) is 9.59 Å². The van der Waals surface area contributed by atoms with Crippen molar-refractivity contribution in [1.82, 2.24) is 18.7 Å². The summed E-state index contributed by atoms with van der Waals surface area (Å²) in [5.41, 5.74) is 0.0203. The van der Waals surface area contributed by atoms with Crippen molar-refractivity contribution in [3.63, 3.8) is 0 Å². The van der Waals surface area contributed by atoms with Crippen molar-refractivity contribution in [1.29, 1.82) is 0 Å². The predicted octanol–water partition coefficient (Wildman–Crippen LogP) is -0.971. The second-order valence-corrected chi connectivity index (χ2v) is 4.29. The van der Waals surface area contributed by atoms with Gasteiger partial charge in [0.05, 0.1) is 6.61 Å². The van der Waals surface area contributed by atoms with E-state index in [1.54, 1.807) is 25.8 Å². The molecular weight excluding hydrogens is 250 g/mol. The van der Waals surface area contributed by atoms with Crippen molar-refractivity contribution in [2.45, 2.75) is 0 Å². The molecule has 2 rings (SSSR count). The Labute approximate surface area is 109 Å². The third-order valence-corrected chi connectivity index (χ3v) is 3.06. The molecule has 2 aromatic rings. The monoisotopic (exact) mass is 267 g/mol. The number of methoxy groups -OCH3 is 1. The van der Waals surface area contributed by atoms with E-state index in [4.69, 9.17) is 4.74 Å². The van der Waals surface area contributed by atoms with Crippen molar-refractivity contribution < 1.29 is 4.74 Å². The standard InChI is InChI=1S/C11H17N5O3/c1-14-7-8(13-10(14)12-5-6-19-4)15(2)11(18)16(3)9(7)17/h5-6H2,1-4H3,(H,12,13). The van der Waals surface area contributed by atoms with Gasteiger partial charge in [0.2, 0.25) is 5.95 Å². The smallest absolute Gasteiger partial charge is 0.332 e. The van der Waals surface area contributed by atoms with Crippen LogP contribution in [-0.4, -0.2) is 38.9 Å². The van der Waals surface area contributed by atoms with Crippen LogP contribution in [0.5, 0.6) is 0 Å². The zero-order valence-electron chi connectivity index (χ0n) is 11.4. The number of hydrogen-bond donors (Lipinski definition) is 1. The van der Waals surface area contributed by atoms with Crippen molar-refractivity contribution in [2.24, 2.45) is 21.1 Å². The lowest BCUT2D eigenvalue weighted by atomic mass is 10.5. The SMILES string of the molecule is COCCNc1nc2c(c(=O)n(C)c(=O)n2C)n1C. The lowest BCUT2D eigenvalue weighted by Crippen LogP contribution is -2.37. The summed E-state index contributed by atoms with van der Waals surface area (Å²) >= 11 is 0. The maximum Gasteiger partial charge on any atom is 0.332 e. The Morgan fingerprint density at radius 2 is 1.84 bits per heavy atom. The van der Waals surface area contributed by atoms with Crippen LogP contribution in [0.2, 0.25) is 0 Å². The lowest BCUT2D eigenvalue weighted by Gasteiger charge is -2.05. The van der Waals surface area contributed by atoms with Crippen LogP contribution in [0, 0.1) is 0 Å². The second kappa shape index (κ2) is 4.88. The van der Waals surface area contributed by atoms with E-state index in [2.05, 4.69) is 10.3 Å². The molecule has 0 saturated carbocycles. The zero-order valence-corrected chi connectivity index (χ0v) is 11.4. The molecule has 19 heavy (non-hydrogen) atoms. The molecule has 0 fully saturated rings. The minimum atomic E-state index is -0.390. The highest BCUT2D eigenvalue weighted by Crippen LogP contribution is 2.12. The van der Waals surface area contributed by atoms with Gasteiger partial charge in [-0.1, -0.05) is 0 Å². The molecule has 0 radical (unpaired) electrons. The summed E-state index contributed by atoms with van der Waals surface area (Å²) in [6.07, 6.45) is 0. The Hall–Kier alpha value is -2.09. The number of fused-ring (bicyclic) bond motifs is 1. The van der Waals surface area contributed by atoms with E-state index in [1.807, 2.05) is 0 Å². The molecule has 0 saturated heterocycles. The number of anilines is 1. The minimum absolute atomic E-state index is 0.354. The van der Waals surface area contributed by atoms with E-state index < -0.39 is 0 Å². The molecule has 0 aromatic carbocycles. The topological polar surface area (TPSA) is 83.1 Å². The van der Waals surface area contributed by atoms with E-state index >= 15 is 0 Å². The number of aryl methyl sites for hydroxylation is 2. The van der Waals surface area contributed by atoms with Gasteiger partial charge in [0.25, 0.3) is 5.56 Å². The van der Waals surface area contributed by atoms with Crippen LogP contribution in [0.3, 0.4) is 0 Å². The maximum atomic E-state index is 12.1. The molecule has 104 valence electrons. The molecule has 0 bridgehead atoms. The van der Waals surface area contributed by atoms with E-state index in [9.17, 15) is 9.59 Å². The van der Waals surface area contributed by atoms with E-state index in [0.717, 1.165) is 4.57 Å². The van der Waals surface area contributed by atoms with Crippen LogP contribution in [-0.2, 0) is 25.9 Å². The molecule has 1 N–H and O–H groups in total. The molecule has 0 aliphatic rings. The quantitative estimate of drug-likeness (QED) is 0.721. The molecule has 8 heteroatoms. The predicted molar refractivity (Wildman–Crippen MR) is 71.6 cm³/mol. The van der Waals surface area contributed by atoms with Crippen molar-refractivity contribution in [3.05, 3.63) is 20.8 Å². The number of nitrogens with zero attached hydrogens (tertiary/aromatic N) is 4. The molecule has 0 unspecified atom stereocenters. The summed E-state index contributed by atoms with van der Waals surface area (Å²) in [6, 6.07) is 0. The van der Waals surface area contributed by atoms with Gasteiger partial charge in [-0.2, -0.15) is 4.98 Å². The Bertz CT molecular complexity index is 724. The van der Waals surface area contributed by atoms with Gasteiger partial charge < -0.3 is 14.6 Å². The van der Waals surface area contributed by atoms with Gasteiger partial charge in [-0.25, -0.2) is 4.79 Å². The highest BCUT2D eigenvalue weighted by molar-refractivity contribution is 5.74. The summed E-state index contributed by atoms with van der Waals surface area (Å²) in [5.74, 6) is 0.533. The zero-order chi connectivity index (χ0) is 14.2. The van der Waals surface area contributed by atoms with Crippen molar-refractivity contribution >= 4 is 17.1 Å². The molecule has 0 amide bonds. The van der Waals surface area contributed by atoms with Gasteiger partial charge in [0.1, 0.15) is 0 Å². The van der Waals surface area contributed by atoms with Crippen LogP contribution in [0.25, 0.3) is 11.2 Å². The molecule has 0 aliphatic heterocycles. The molecule has 2 aromatic heterocycles. The minimum Gasteiger partial charge on any atom is -0.383 e. The highest BCUT2D eigenvalue weighted by atomic mass is 16.5. The van der Waals surface area contributed by atoms with E-state index in [1.165, 1.54) is 11.6 Å². The number of aromatic nitrogens is 4. The Kier molecular flexibility index (Phi) is 3.43. The molecular formula is C11H17N5O3. The normalized spacial score (nSPS) is 11.2. The fraction of sp³-hybridized carbons (Fsp3) is 0.545. The van der Waals surface area contributed by atoms with Crippen molar-refractivity contribution in [3.8, 4) is 0 Å². The largest absolute Gasteiger partial charge is 0.383 e. The Morgan fingerprint density at radius 3 is 2.47 bits per heavy atom. The van der Waals surface area contributed by atoms with Crippen LogP contribution in [0.4, 0.5) is 5.95 Å². The first-order chi connectivity index (χ1) is 8.99. The molecule has 2 heterocycles. The van der Waals surface area contributed by atoms with Crippen LogP contribution < -0.4 is 16.6 Å². The summed E-state index contributed by atoms with van der Waals surface area (Å²) in [7, 11) is 6.39. The highest BCUT2D eigenvalue weighted by Gasteiger charge is 2.16. The first-order valence-corrected chi connectivity index (χ1v) is 5.84. The van der Waals surface area contributed by atoms with Gasteiger partial charge in [0, 0.05) is 34.8 Å². The summed E-state index contributed by atoms with van der Waals surface area (Å²) in [5, 5.41) is 3.06. The average Bonchev–Trinajstić information content (AvgIpc) is 2.72. The maximum absolute atomic E-state index is 12.1. The fourth-order valence-corrected chi connectivity index (χ4v) is 1.94. The van der Waals surface area contributed by atoms with Crippen LogP contribution >= 0.6 is 0 Å². The summed E-state index contributed by atoms with van der Waals surface area (Å²) in [6.45, 7) is 1.10. The van der Waals surface area contributed by atoms with Crippen molar-refractivity contribution in [2.75, 3.05) is 25.6 Å². The second-order valence-electron chi connectivity index (χ2n) is 4.29. The van der Waals surface area contributed by atoms with Gasteiger partial charge >= 0.3 is 5.69 Å². The Morgan fingerprint density at radius 1 is 1.16 bits per heavy atom. The Balaban J connectivity index is 2.64.